The van der Waals surface area contributed by atoms with E-state index in [1.165, 1.54) is 0 Å². The first kappa shape index (κ1) is 10.7. The maximum atomic E-state index is 10.7. The lowest BCUT2D eigenvalue weighted by molar-refractivity contribution is -0.126. The first-order valence-electron chi connectivity index (χ1n) is 3.44. The number of aliphatic hydroxyl groups is 1. The van der Waals surface area contributed by atoms with Gasteiger partial charge in [-0.25, -0.2) is 0 Å². The van der Waals surface area contributed by atoms with Gasteiger partial charge in [-0.1, -0.05) is 37.9 Å². The van der Waals surface area contributed by atoms with Crippen molar-refractivity contribution in [3.8, 4) is 0 Å². The van der Waals surface area contributed by atoms with E-state index in [-0.39, 0.29) is 0 Å². The number of amides is 1. The van der Waals surface area contributed by atoms with Gasteiger partial charge in [0.15, 0.2) is 6.10 Å². The Hall–Kier alpha value is -0.390. The SMILES string of the molecule is NC(=O)C(O)c1ccc(Br)cc1Br. The molecule has 13 heavy (non-hydrogen) atoms. The standard InChI is InChI=1S/C8H7Br2NO2/c9-4-1-2-5(6(10)3-4)7(12)8(11)13/h1-3,7,12H,(H2,11,13). The highest BCUT2D eigenvalue weighted by Crippen LogP contribution is 2.26. The van der Waals surface area contributed by atoms with Crippen molar-refractivity contribution in [1.82, 2.24) is 0 Å². The third-order valence-electron chi connectivity index (χ3n) is 1.53. The van der Waals surface area contributed by atoms with Gasteiger partial charge < -0.3 is 10.8 Å². The average Bonchev–Trinajstić information content (AvgIpc) is 2.03. The number of benzene rings is 1. The van der Waals surface area contributed by atoms with Crippen LogP contribution in [0, 0.1) is 0 Å². The van der Waals surface area contributed by atoms with Crippen LogP contribution in [0.4, 0.5) is 0 Å². The summed E-state index contributed by atoms with van der Waals surface area (Å²) in [5.41, 5.74) is 5.42. The van der Waals surface area contributed by atoms with Crippen LogP contribution in [0.25, 0.3) is 0 Å². The molecular formula is C8H7Br2NO2. The predicted octanol–water partition coefficient (Wildman–Crippen LogP) is 1.73. The lowest BCUT2D eigenvalue weighted by Gasteiger charge is -2.08. The molecule has 1 rings (SSSR count). The molecule has 0 fully saturated rings. The molecule has 5 heteroatoms. The van der Waals surface area contributed by atoms with Gasteiger partial charge in [0, 0.05) is 14.5 Å². The van der Waals surface area contributed by atoms with Crippen LogP contribution in [0.2, 0.25) is 0 Å². The fourth-order valence-electron chi connectivity index (χ4n) is 0.877. The van der Waals surface area contributed by atoms with Crippen LogP contribution in [-0.4, -0.2) is 11.0 Å². The molecule has 3 nitrogen and oxygen atoms in total. The number of aliphatic hydroxyl groups excluding tert-OH is 1. The molecule has 0 saturated carbocycles. The van der Waals surface area contributed by atoms with Gasteiger partial charge >= 0.3 is 0 Å². The number of halogens is 2. The summed E-state index contributed by atoms with van der Waals surface area (Å²) in [6.07, 6.45) is -1.26. The molecule has 0 aliphatic rings. The summed E-state index contributed by atoms with van der Waals surface area (Å²) in [4.78, 5) is 10.7. The second-order valence-corrected chi connectivity index (χ2v) is 4.24. The van der Waals surface area contributed by atoms with Gasteiger partial charge in [-0.2, -0.15) is 0 Å². The normalized spacial score (nSPS) is 12.5. The number of nitrogens with two attached hydrogens (primary N) is 1. The Bertz CT molecular complexity index is 341. The monoisotopic (exact) mass is 307 g/mol. The number of carbonyl (C=O) groups is 1. The molecule has 1 unspecified atom stereocenters. The summed E-state index contributed by atoms with van der Waals surface area (Å²) >= 11 is 6.47. The molecule has 1 aromatic rings. The fraction of sp³-hybridized carbons (Fsp3) is 0.125. The Morgan fingerprint density at radius 3 is 2.54 bits per heavy atom. The van der Waals surface area contributed by atoms with Gasteiger partial charge in [0.2, 0.25) is 0 Å². The van der Waals surface area contributed by atoms with Crippen molar-refractivity contribution in [3.05, 3.63) is 32.7 Å². The highest BCUT2D eigenvalue weighted by Gasteiger charge is 2.16. The zero-order valence-electron chi connectivity index (χ0n) is 6.50. The van der Waals surface area contributed by atoms with Crippen molar-refractivity contribution in [3.63, 3.8) is 0 Å². The number of hydrogen-bond acceptors (Lipinski definition) is 2. The Morgan fingerprint density at radius 1 is 1.46 bits per heavy atom. The minimum atomic E-state index is -1.26. The van der Waals surface area contributed by atoms with Crippen LogP contribution in [0.3, 0.4) is 0 Å². The van der Waals surface area contributed by atoms with Crippen molar-refractivity contribution in [2.75, 3.05) is 0 Å². The van der Waals surface area contributed by atoms with E-state index in [1.54, 1.807) is 18.2 Å². The van der Waals surface area contributed by atoms with Crippen LogP contribution in [-0.2, 0) is 4.79 Å². The second kappa shape index (κ2) is 4.21. The van der Waals surface area contributed by atoms with E-state index in [4.69, 9.17) is 5.73 Å². The van der Waals surface area contributed by atoms with E-state index in [0.717, 1.165) is 4.47 Å². The Balaban J connectivity index is 3.08. The molecule has 0 spiro atoms. The summed E-state index contributed by atoms with van der Waals surface area (Å²) in [6, 6.07) is 5.09. The highest BCUT2D eigenvalue weighted by atomic mass is 79.9. The molecule has 0 heterocycles. The molecule has 1 atom stereocenters. The fourth-order valence-corrected chi connectivity index (χ4v) is 2.14. The Kier molecular flexibility index (Phi) is 3.47. The average molecular weight is 309 g/mol. The molecular weight excluding hydrogens is 302 g/mol. The van der Waals surface area contributed by atoms with Gasteiger partial charge in [0.1, 0.15) is 0 Å². The van der Waals surface area contributed by atoms with E-state index in [9.17, 15) is 9.90 Å². The van der Waals surface area contributed by atoms with E-state index < -0.39 is 12.0 Å². The van der Waals surface area contributed by atoms with Crippen LogP contribution in [0.1, 0.15) is 11.7 Å². The van der Waals surface area contributed by atoms with Gasteiger partial charge in [-0.3, -0.25) is 4.79 Å². The zero-order chi connectivity index (χ0) is 10.0. The molecule has 0 bridgehead atoms. The smallest absolute Gasteiger partial charge is 0.250 e. The van der Waals surface area contributed by atoms with Crippen LogP contribution >= 0.6 is 31.9 Å². The van der Waals surface area contributed by atoms with Crippen molar-refractivity contribution in [2.24, 2.45) is 5.73 Å². The maximum Gasteiger partial charge on any atom is 0.250 e. The van der Waals surface area contributed by atoms with Gasteiger partial charge in [0.25, 0.3) is 5.91 Å². The van der Waals surface area contributed by atoms with Crippen molar-refractivity contribution in [1.29, 1.82) is 0 Å². The first-order valence-corrected chi connectivity index (χ1v) is 5.03. The summed E-state index contributed by atoms with van der Waals surface area (Å²) in [5, 5.41) is 9.35. The topological polar surface area (TPSA) is 63.3 Å². The van der Waals surface area contributed by atoms with Gasteiger partial charge in [-0.15, -0.1) is 0 Å². The van der Waals surface area contributed by atoms with Gasteiger partial charge in [-0.05, 0) is 12.1 Å². The van der Waals surface area contributed by atoms with E-state index in [0.29, 0.717) is 10.0 Å². The number of rotatable bonds is 2. The number of hydrogen-bond donors (Lipinski definition) is 2. The van der Waals surface area contributed by atoms with Crippen LogP contribution in [0.5, 0.6) is 0 Å². The number of carbonyl (C=O) groups excluding carboxylic acids is 1. The molecule has 1 amide bonds. The minimum Gasteiger partial charge on any atom is -0.378 e. The van der Waals surface area contributed by atoms with Crippen molar-refractivity contribution in [2.45, 2.75) is 6.10 Å². The largest absolute Gasteiger partial charge is 0.378 e. The summed E-state index contributed by atoms with van der Waals surface area (Å²) < 4.78 is 1.51. The highest BCUT2D eigenvalue weighted by molar-refractivity contribution is 9.11. The summed E-state index contributed by atoms with van der Waals surface area (Å²) in [6.45, 7) is 0. The number of primary amides is 1. The Labute approximate surface area is 92.2 Å². The Morgan fingerprint density at radius 2 is 2.08 bits per heavy atom. The molecule has 0 aromatic heterocycles. The third-order valence-corrected chi connectivity index (χ3v) is 2.71. The minimum absolute atomic E-state index is 0.468. The lowest BCUT2D eigenvalue weighted by atomic mass is 10.1. The van der Waals surface area contributed by atoms with E-state index in [2.05, 4.69) is 31.9 Å². The molecule has 0 aliphatic heterocycles. The first-order chi connectivity index (χ1) is 6.02. The molecule has 3 N–H and O–H groups in total. The molecule has 0 aliphatic carbocycles. The second-order valence-electron chi connectivity index (χ2n) is 2.47. The third kappa shape index (κ3) is 2.52. The van der Waals surface area contributed by atoms with Gasteiger partial charge in [0.05, 0.1) is 0 Å². The quantitative estimate of drug-likeness (QED) is 0.874. The van der Waals surface area contributed by atoms with E-state index >= 15 is 0 Å². The molecule has 0 radical (unpaired) electrons. The van der Waals surface area contributed by atoms with Crippen LogP contribution in [0.15, 0.2) is 27.1 Å². The molecule has 1 aromatic carbocycles. The maximum absolute atomic E-state index is 10.7. The van der Waals surface area contributed by atoms with E-state index in [1.807, 2.05) is 0 Å². The zero-order valence-corrected chi connectivity index (χ0v) is 9.67. The molecule has 0 saturated heterocycles. The summed E-state index contributed by atoms with van der Waals surface area (Å²) in [7, 11) is 0. The lowest BCUT2D eigenvalue weighted by Crippen LogP contribution is -2.21. The van der Waals surface area contributed by atoms with Crippen molar-refractivity contribution >= 4 is 37.8 Å². The van der Waals surface area contributed by atoms with Crippen LogP contribution < -0.4 is 5.73 Å². The summed E-state index contributed by atoms with van der Waals surface area (Å²) in [5.74, 6) is -0.761. The predicted molar refractivity (Wildman–Crippen MR) is 56.0 cm³/mol. The molecule has 70 valence electrons. The van der Waals surface area contributed by atoms with Crippen molar-refractivity contribution < 1.29 is 9.90 Å².